The fraction of sp³-hybridized carbons (Fsp3) is 0.400. The van der Waals surface area contributed by atoms with E-state index in [2.05, 4.69) is 15.2 Å². The molecule has 0 spiro atoms. The van der Waals surface area contributed by atoms with Crippen molar-refractivity contribution in [1.29, 1.82) is 0 Å². The number of benzene rings is 1. The third kappa shape index (κ3) is 5.18. The average Bonchev–Trinajstić information content (AvgIpc) is 2.75. The fourth-order valence-corrected chi connectivity index (χ4v) is 4.17. The molecule has 1 aliphatic rings. The maximum Gasteiger partial charge on any atom is 0.251 e. The zero-order valence-corrected chi connectivity index (χ0v) is 17.4. The van der Waals surface area contributed by atoms with Crippen molar-refractivity contribution in [3.8, 4) is 0 Å². The average molecular weight is 419 g/mol. The normalized spacial score (nSPS) is 16.5. The second kappa shape index (κ2) is 9.45. The van der Waals surface area contributed by atoms with Gasteiger partial charge in [0.15, 0.2) is 0 Å². The summed E-state index contributed by atoms with van der Waals surface area (Å²) in [5, 5.41) is 2.95. The first-order valence-electron chi connectivity index (χ1n) is 9.42. The van der Waals surface area contributed by atoms with Crippen LogP contribution in [0.15, 0.2) is 53.7 Å². The summed E-state index contributed by atoms with van der Waals surface area (Å²) >= 11 is 0. The molecule has 9 heteroatoms. The van der Waals surface area contributed by atoms with Gasteiger partial charge in [0, 0.05) is 51.7 Å². The number of aromatic nitrogens is 1. The van der Waals surface area contributed by atoms with Gasteiger partial charge < -0.3 is 10.1 Å². The largest absolute Gasteiger partial charge is 0.379 e. The molecule has 1 saturated heterocycles. The van der Waals surface area contributed by atoms with Crippen LogP contribution in [0, 0.1) is 0 Å². The smallest absolute Gasteiger partial charge is 0.251 e. The van der Waals surface area contributed by atoms with E-state index in [-0.39, 0.29) is 16.8 Å². The lowest BCUT2D eigenvalue weighted by Gasteiger charge is -2.34. The van der Waals surface area contributed by atoms with E-state index < -0.39 is 10.0 Å². The summed E-state index contributed by atoms with van der Waals surface area (Å²) in [6.07, 6.45) is 3.52. The number of nitrogens with one attached hydrogen (secondary N) is 1. The molecule has 2 aromatic rings. The van der Waals surface area contributed by atoms with Crippen LogP contribution in [0.2, 0.25) is 0 Å². The first kappa shape index (κ1) is 21.4. The minimum absolute atomic E-state index is 0.0368. The lowest BCUT2D eigenvalue weighted by Crippen LogP contribution is -2.43. The molecule has 1 aliphatic heterocycles. The highest BCUT2D eigenvalue weighted by molar-refractivity contribution is 7.89. The number of hydrogen-bond acceptors (Lipinski definition) is 6. The van der Waals surface area contributed by atoms with Gasteiger partial charge in [0.1, 0.15) is 0 Å². The highest BCUT2D eigenvalue weighted by atomic mass is 32.2. The number of amides is 1. The second-order valence-corrected chi connectivity index (χ2v) is 9.13. The van der Waals surface area contributed by atoms with Gasteiger partial charge in [0.25, 0.3) is 5.91 Å². The van der Waals surface area contributed by atoms with Crippen molar-refractivity contribution in [2.75, 3.05) is 46.9 Å². The van der Waals surface area contributed by atoms with Gasteiger partial charge in [-0.15, -0.1) is 0 Å². The van der Waals surface area contributed by atoms with Crippen LogP contribution in [0.4, 0.5) is 0 Å². The summed E-state index contributed by atoms with van der Waals surface area (Å²) in [6, 6.07) is 9.90. The Morgan fingerprint density at radius 2 is 2.00 bits per heavy atom. The third-order valence-corrected chi connectivity index (χ3v) is 6.70. The van der Waals surface area contributed by atoms with Crippen LogP contribution in [0.3, 0.4) is 0 Å². The Morgan fingerprint density at radius 3 is 2.66 bits per heavy atom. The number of sulfonamides is 1. The Balaban J connectivity index is 1.75. The van der Waals surface area contributed by atoms with E-state index in [1.54, 1.807) is 24.5 Å². The molecular formula is C20H26N4O4S. The number of rotatable bonds is 7. The molecule has 1 aromatic heterocycles. The maximum atomic E-state index is 12.7. The molecule has 29 heavy (non-hydrogen) atoms. The molecule has 0 unspecified atom stereocenters. The van der Waals surface area contributed by atoms with E-state index in [4.69, 9.17) is 4.74 Å². The molecule has 156 valence electrons. The molecule has 1 atom stereocenters. The second-order valence-electron chi connectivity index (χ2n) is 6.98. The first-order chi connectivity index (χ1) is 13.9. The standard InChI is InChI=1S/C20H26N4O4S/c1-23(2)29(26,27)18-7-3-5-16(13-18)20(25)22-15-19(17-6-4-8-21-14-17)24-9-11-28-12-10-24/h3-8,13-14,19H,9-12,15H2,1-2H3,(H,22,25)/t19-/m1/s1. The van der Waals surface area contributed by atoms with Gasteiger partial charge in [0.05, 0.1) is 24.2 Å². The molecule has 0 radical (unpaired) electrons. The molecule has 3 rings (SSSR count). The highest BCUT2D eigenvalue weighted by Gasteiger charge is 2.24. The van der Waals surface area contributed by atoms with E-state index in [1.807, 2.05) is 12.1 Å². The van der Waals surface area contributed by atoms with Crippen molar-refractivity contribution in [2.24, 2.45) is 0 Å². The predicted molar refractivity (Wildman–Crippen MR) is 109 cm³/mol. The van der Waals surface area contributed by atoms with E-state index in [0.717, 1.165) is 23.0 Å². The lowest BCUT2D eigenvalue weighted by molar-refractivity contribution is 0.0161. The molecule has 1 amide bonds. The SMILES string of the molecule is CN(C)S(=O)(=O)c1cccc(C(=O)NC[C@H](c2cccnc2)N2CCOCC2)c1. The first-order valence-corrected chi connectivity index (χ1v) is 10.9. The van der Waals surface area contributed by atoms with Gasteiger partial charge in [-0.3, -0.25) is 14.7 Å². The van der Waals surface area contributed by atoms with Gasteiger partial charge >= 0.3 is 0 Å². The molecule has 1 fully saturated rings. The summed E-state index contributed by atoms with van der Waals surface area (Å²) < 4.78 is 31.2. The zero-order chi connectivity index (χ0) is 20.9. The molecule has 8 nitrogen and oxygen atoms in total. The quantitative estimate of drug-likeness (QED) is 0.725. The molecule has 2 heterocycles. The predicted octanol–water partition coefficient (Wildman–Crippen LogP) is 1.14. The van der Waals surface area contributed by atoms with Crippen LogP contribution in [-0.2, 0) is 14.8 Å². The van der Waals surface area contributed by atoms with Crippen LogP contribution in [0.5, 0.6) is 0 Å². The monoisotopic (exact) mass is 418 g/mol. The number of ether oxygens (including phenoxy) is 1. The van der Waals surface area contributed by atoms with Crippen molar-refractivity contribution in [2.45, 2.75) is 10.9 Å². The molecule has 0 saturated carbocycles. The topological polar surface area (TPSA) is 91.8 Å². The number of hydrogen-bond donors (Lipinski definition) is 1. The lowest BCUT2D eigenvalue weighted by atomic mass is 10.1. The van der Waals surface area contributed by atoms with Gasteiger partial charge in [-0.25, -0.2) is 12.7 Å². The van der Waals surface area contributed by atoms with E-state index in [1.165, 1.54) is 26.2 Å². The Bertz CT molecular complexity index is 929. The summed E-state index contributed by atoms with van der Waals surface area (Å²) in [5.74, 6) is -0.317. The Hall–Kier alpha value is -2.33. The summed E-state index contributed by atoms with van der Waals surface area (Å²) in [4.78, 5) is 19.3. The van der Waals surface area contributed by atoms with Gasteiger partial charge in [-0.05, 0) is 29.8 Å². The van der Waals surface area contributed by atoms with Crippen LogP contribution < -0.4 is 5.32 Å². The van der Waals surface area contributed by atoms with E-state index >= 15 is 0 Å². The third-order valence-electron chi connectivity index (χ3n) is 4.89. The number of morpholine rings is 1. The number of carbonyl (C=O) groups excluding carboxylic acids is 1. The summed E-state index contributed by atoms with van der Waals surface area (Å²) in [6.45, 7) is 3.22. The van der Waals surface area contributed by atoms with Crippen molar-refractivity contribution in [3.63, 3.8) is 0 Å². The molecule has 0 aliphatic carbocycles. The van der Waals surface area contributed by atoms with Gasteiger partial charge in [-0.1, -0.05) is 12.1 Å². The minimum Gasteiger partial charge on any atom is -0.379 e. The molecule has 1 N–H and O–H groups in total. The molecule has 0 bridgehead atoms. The summed E-state index contributed by atoms with van der Waals surface area (Å²) in [7, 11) is -0.679. The minimum atomic E-state index is -3.60. The van der Waals surface area contributed by atoms with Crippen LogP contribution in [0.1, 0.15) is 22.0 Å². The van der Waals surface area contributed by atoms with Crippen LogP contribution >= 0.6 is 0 Å². The Labute approximate surface area is 171 Å². The van der Waals surface area contributed by atoms with Crippen molar-refractivity contribution < 1.29 is 17.9 Å². The Morgan fingerprint density at radius 1 is 1.24 bits per heavy atom. The zero-order valence-electron chi connectivity index (χ0n) is 16.6. The van der Waals surface area contributed by atoms with E-state index in [0.29, 0.717) is 25.3 Å². The summed E-state index contributed by atoms with van der Waals surface area (Å²) in [5.41, 5.74) is 1.32. The van der Waals surface area contributed by atoms with Crippen molar-refractivity contribution in [1.82, 2.24) is 19.5 Å². The molecular weight excluding hydrogens is 392 g/mol. The van der Waals surface area contributed by atoms with Gasteiger partial charge in [-0.2, -0.15) is 0 Å². The Kier molecular flexibility index (Phi) is 6.96. The number of pyridine rings is 1. The number of carbonyl (C=O) groups is 1. The highest BCUT2D eigenvalue weighted by Crippen LogP contribution is 2.21. The van der Waals surface area contributed by atoms with Crippen molar-refractivity contribution in [3.05, 3.63) is 59.9 Å². The van der Waals surface area contributed by atoms with E-state index in [9.17, 15) is 13.2 Å². The molecule has 1 aromatic carbocycles. The van der Waals surface area contributed by atoms with Crippen LogP contribution in [-0.4, -0.2) is 75.5 Å². The van der Waals surface area contributed by atoms with Crippen LogP contribution in [0.25, 0.3) is 0 Å². The van der Waals surface area contributed by atoms with Crippen molar-refractivity contribution >= 4 is 15.9 Å². The fourth-order valence-electron chi connectivity index (χ4n) is 3.22. The number of nitrogens with zero attached hydrogens (tertiary/aromatic N) is 3. The maximum absolute atomic E-state index is 12.7. The van der Waals surface area contributed by atoms with Gasteiger partial charge in [0.2, 0.25) is 10.0 Å².